The van der Waals surface area contributed by atoms with Crippen LogP contribution in [0.15, 0.2) is 43.1 Å². The van der Waals surface area contributed by atoms with Crippen molar-refractivity contribution in [3.63, 3.8) is 0 Å². The number of rotatable bonds is 2. The second-order valence-corrected chi connectivity index (χ2v) is 2.78. The maximum absolute atomic E-state index is 11.6. The molecule has 0 radical (unpaired) electrons. The Hall–Kier alpha value is -2.30. The van der Waals surface area contributed by atoms with Crippen molar-refractivity contribution in [1.82, 2.24) is 15.0 Å². The van der Waals surface area contributed by atoms with E-state index in [9.17, 15) is 4.79 Å². The van der Waals surface area contributed by atoms with E-state index in [0.29, 0.717) is 5.69 Å². The summed E-state index contributed by atoms with van der Waals surface area (Å²) in [6.45, 7) is 0. The van der Waals surface area contributed by atoms with E-state index in [1.54, 1.807) is 24.5 Å². The molecule has 1 N–H and O–H groups in total. The van der Waals surface area contributed by atoms with Gasteiger partial charge in [-0.3, -0.25) is 14.8 Å². The molecule has 0 aliphatic rings. The molecule has 0 atom stereocenters. The lowest BCUT2D eigenvalue weighted by Crippen LogP contribution is -2.13. The first kappa shape index (κ1) is 9.26. The normalized spacial score (nSPS) is 9.60. The summed E-state index contributed by atoms with van der Waals surface area (Å²) >= 11 is 0. The molecule has 0 aliphatic carbocycles. The van der Waals surface area contributed by atoms with Crippen LogP contribution in [-0.4, -0.2) is 20.9 Å². The van der Waals surface area contributed by atoms with Crippen molar-refractivity contribution in [3.05, 3.63) is 48.8 Å². The van der Waals surface area contributed by atoms with E-state index >= 15 is 0 Å². The number of aromatic nitrogens is 3. The zero-order chi connectivity index (χ0) is 10.5. The summed E-state index contributed by atoms with van der Waals surface area (Å²) in [6.07, 6.45) is 7.61. The van der Waals surface area contributed by atoms with Gasteiger partial charge in [0, 0.05) is 30.5 Å². The van der Waals surface area contributed by atoms with Crippen LogP contribution in [-0.2, 0) is 0 Å². The molecule has 0 aromatic carbocycles. The van der Waals surface area contributed by atoms with Crippen molar-refractivity contribution in [2.75, 3.05) is 5.32 Å². The van der Waals surface area contributed by atoms with Gasteiger partial charge in [-0.1, -0.05) is 0 Å². The molecule has 0 aliphatic heterocycles. The van der Waals surface area contributed by atoms with Crippen LogP contribution in [0, 0.1) is 0 Å². The van der Waals surface area contributed by atoms with E-state index in [4.69, 9.17) is 0 Å². The molecule has 2 heterocycles. The highest BCUT2D eigenvalue weighted by atomic mass is 16.1. The predicted molar refractivity (Wildman–Crippen MR) is 54.2 cm³/mol. The van der Waals surface area contributed by atoms with Crippen molar-refractivity contribution >= 4 is 11.6 Å². The Bertz CT molecular complexity index is 443. The Labute approximate surface area is 86.2 Å². The molecule has 0 fully saturated rings. The first-order chi connectivity index (χ1) is 7.36. The van der Waals surface area contributed by atoms with Crippen LogP contribution in [0.1, 0.15) is 10.5 Å². The Morgan fingerprint density at radius 3 is 2.53 bits per heavy atom. The van der Waals surface area contributed by atoms with Gasteiger partial charge in [-0.25, -0.2) is 4.98 Å². The molecule has 74 valence electrons. The lowest BCUT2D eigenvalue weighted by atomic mass is 10.3. The van der Waals surface area contributed by atoms with Crippen LogP contribution in [0.3, 0.4) is 0 Å². The van der Waals surface area contributed by atoms with E-state index in [-0.39, 0.29) is 11.6 Å². The average molecular weight is 200 g/mol. The number of pyridine rings is 1. The topological polar surface area (TPSA) is 67.8 Å². The predicted octanol–water partition coefficient (Wildman–Crippen LogP) is 1.12. The lowest BCUT2D eigenvalue weighted by molar-refractivity contribution is 0.102. The third-order valence-electron chi connectivity index (χ3n) is 1.73. The van der Waals surface area contributed by atoms with Gasteiger partial charge in [0.05, 0.1) is 6.20 Å². The largest absolute Gasteiger partial charge is 0.320 e. The van der Waals surface area contributed by atoms with E-state index in [0.717, 1.165) is 0 Å². The van der Waals surface area contributed by atoms with Crippen LogP contribution < -0.4 is 5.32 Å². The molecule has 0 saturated heterocycles. The van der Waals surface area contributed by atoms with E-state index in [1.165, 1.54) is 18.6 Å². The third-order valence-corrected chi connectivity index (χ3v) is 1.73. The molecular formula is C10H8N4O. The minimum absolute atomic E-state index is 0.283. The molecular weight excluding hydrogens is 192 g/mol. The number of hydrogen-bond acceptors (Lipinski definition) is 4. The first-order valence-corrected chi connectivity index (χ1v) is 4.33. The highest BCUT2D eigenvalue weighted by molar-refractivity contribution is 6.02. The van der Waals surface area contributed by atoms with Gasteiger partial charge in [-0.05, 0) is 12.1 Å². The van der Waals surface area contributed by atoms with Gasteiger partial charge in [0.25, 0.3) is 5.91 Å². The molecule has 2 aromatic rings. The monoisotopic (exact) mass is 200 g/mol. The summed E-state index contributed by atoms with van der Waals surface area (Å²) < 4.78 is 0. The number of nitrogens with zero attached hydrogens (tertiary/aromatic N) is 3. The lowest BCUT2D eigenvalue weighted by Gasteiger charge is -2.02. The zero-order valence-corrected chi connectivity index (χ0v) is 7.79. The summed E-state index contributed by atoms with van der Waals surface area (Å²) in [5.41, 5.74) is 0.968. The number of amides is 1. The Morgan fingerprint density at radius 2 is 1.87 bits per heavy atom. The number of carbonyl (C=O) groups is 1. The summed E-state index contributed by atoms with van der Waals surface area (Å²) in [5, 5.41) is 2.68. The van der Waals surface area contributed by atoms with Crippen LogP contribution in [0.4, 0.5) is 5.69 Å². The van der Waals surface area contributed by atoms with Crippen molar-refractivity contribution in [2.24, 2.45) is 0 Å². The quantitative estimate of drug-likeness (QED) is 0.788. The minimum atomic E-state index is -0.283. The maximum atomic E-state index is 11.6. The van der Waals surface area contributed by atoms with Crippen LogP contribution in [0.5, 0.6) is 0 Å². The van der Waals surface area contributed by atoms with Crippen molar-refractivity contribution in [1.29, 1.82) is 0 Å². The van der Waals surface area contributed by atoms with E-state index in [2.05, 4.69) is 20.3 Å². The number of hydrogen-bond donors (Lipinski definition) is 1. The van der Waals surface area contributed by atoms with Crippen molar-refractivity contribution in [3.8, 4) is 0 Å². The second kappa shape index (κ2) is 4.28. The van der Waals surface area contributed by atoms with Crippen LogP contribution >= 0.6 is 0 Å². The van der Waals surface area contributed by atoms with Crippen LogP contribution in [0.2, 0.25) is 0 Å². The van der Waals surface area contributed by atoms with Gasteiger partial charge in [0.2, 0.25) is 0 Å². The Kier molecular flexibility index (Phi) is 2.64. The Morgan fingerprint density at radius 1 is 1.07 bits per heavy atom. The van der Waals surface area contributed by atoms with Crippen LogP contribution in [0.25, 0.3) is 0 Å². The molecule has 2 aromatic heterocycles. The summed E-state index contributed by atoms with van der Waals surface area (Å²) in [4.78, 5) is 23.1. The molecule has 5 nitrogen and oxygen atoms in total. The molecule has 1 amide bonds. The maximum Gasteiger partial charge on any atom is 0.275 e. The molecule has 0 saturated carbocycles. The van der Waals surface area contributed by atoms with E-state index < -0.39 is 0 Å². The second-order valence-electron chi connectivity index (χ2n) is 2.78. The summed E-state index contributed by atoms with van der Waals surface area (Å²) in [7, 11) is 0. The van der Waals surface area contributed by atoms with Gasteiger partial charge in [0.15, 0.2) is 0 Å². The molecule has 2 rings (SSSR count). The van der Waals surface area contributed by atoms with Crippen molar-refractivity contribution < 1.29 is 4.79 Å². The highest BCUT2D eigenvalue weighted by Crippen LogP contribution is 2.04. The highest BCUT2D eigenvalue weighted by Gasteiger charge is 2.06. The van der Waals surface area contributed by atoms with E-state index in [1.807, 2.05) is 0 Å². The number of nitrogens with one attached hydrogen (secondary N) is 1. The smallest absolute Gasteiger partial charge is 0.275 e. The van der Waals surface area contributed by atoms with Gasteiger partial charge in [0.1, 0.15) is 5.69 Å². The molecule has 0 bridgehead atoms. The average Bonchev–Trinajstić information content (AvgIpc) is 2.31. The van der Waals surface area contributed by atoms with Gasteiger partial charge < -0.3 is 5.32 Å². The fourth-order valence-electron chi connectivity index (χ4n) is 1.05. The van der Waals surface area contributed by atoms with Gasteiger partial charge >= 0.3 is 0 Å². The summed E-state index contributed by atoms with van der Waals surface area (Å²) in [6, 6.07) is 3.41. The fourth-order valence-corrected chi connectivity index (χ4v) is 1.05. The minimum Gasteiger partial charge on any atom is -0.320 e. The molecule has 15 heavy (non-hydrogen) atoms. The number of carbonyl (C=O) groups excluding carboxylic acids is 1. The first-order valence-electron chi connectivity index (χ1n) is 4.33. The molecule has 0 spiro atoms. The Balaban J connectivity index is 2.12. The SMILES string of the molecule is O=C(Nc1ccncc1)c1cnccn1. The number of anilines is 1. The standard InChI is InChI=1S/C10H8N4O/c15-10(9-7-12-5-6-13-9)14-8-1-3-11-4-2-8/h1-7H,(H,11,14,15). The summed E-state index contributed by atoms with van der Waals surface area (Å²) in [5.74, 6) is -0.283. The molecule has 0 unspecified atom stereocenters. The third kappa shape index (κ3) is 2.34. The van der Waals surface area contributed by atoms with Gasteiger partial charge in [-0.15, -0.1) is 0 Å². The van der Waals surface area contributed by atoms with Crippen molar-refractivity contribution in [2.45, 2.75) is 0 Å². The zero-order valence-electron chi connectivity index (χ0n) is 7.79. The molecule has 5 heteroatoms. The van der Waals surface area contributed by atoms with Gasteiger partial charge in [-0.2, -0.15) is 0 Å². The fraction of sp³-hybridized carbons (Fsp3) is 0.